The van der Waals surface area contributed by atoms with Gasteiger partial charge in [-0.25, -0.2) is 4.79 Å². The van der Waals surface area contributed by atoms with Gasteiger partial charge >= 0.3 is 12.1 Å². The fourth-order valence-corrected chi connectivity index (χ4v) is 3.48. The van der Waals surface area contributed by atoms with Gasteiger partial charge in [0.1, 0.15) is 18.7 Å². The van der Waals surface area contributed by atoms with Crippen LogP contribution in [0.25, 0.3) is 0 Å². The summed E-state index contributed by atoms with van der Waals surface area (Å²) in [7, 11) is 0. The molecule has 0 saturated carbocycles. The SMILES string of the molecule is CCOC(=O)CN1C[C@@]2(CCCN2C(=O)OCc2ccccc2)C1=O. The first-order valence-electron chi connectivity index (χ1n) is 8.50. The highest BCUT2D eigenvalue weighted by Gasteiger charge is 2.60. The summed E-state index contributed by atoms with van der Waals surface area (Å²) in [4.78, 5) is 39.5. The number of hydrogen-bond acceptors (Lipinski definition) is 5. The Morgan fingerprint density at radius 3 is 2.64 bits per heavy atom. The third-order valence-corrected chi connectivity index (χ3v) is 4.68. The van der Waals surface area contributed by atoms with Crippen molar-refractivity contribution in [1.82, 2.24) is 9.80 Å². The molecule has 1 atom stereocenters. The molecule has 7 nitrogen and oxygen atoms in total. The number of rotatable bonds is 5. The molecule has 25 heavy (non-hydrogen) atoms. The van der Waals surface area contributed by atoms with E-state index in [1.807, 2.05) is 30.3 Å². The van der Waals surface area contributed by atoms with Gasteiger partial charge in [0.05, 0.1) is 13.2 Å². The van der Waals surface area contributed by atoms with E-state index in [4.69, 9.17) is 9.47 Å². The van der Waals surface area contributed by atoms with Crippen molar-refractivity contribution in [2.45, 2.75) is 31.9 Å². The highest BCUT2D eigenvalue weighted by molar-refractivity contribution is 5.98. The molecule has 0 bridgehead atoms. The summed E-state index contributed by atoms with van der Waals surface area (Å²) in [5.74, 6) is -0.628. The van der Waals surface area contributed by atoms with E-state index in [0.29, 0.717) is 19.5 Å². The molecule has 0 N–H and O–H groups in total. The number of likely N-dealkylation sites (tertiary alicyclic amines) is 2. The van der Waals surface area contributed by atoms with Crippen molar-refractivity contribution in [2.24, 2.45) is 0 Å². The topological polar surface area (TPSA) is 76.2 Å². The maximum atomic E-state index is 12.6. The van der Waals surface area contributed by atoms with E-state index in [2.05, 4.69) is 0 Å². The standard InChI is InChI=1S/C18H22N2O5/c1-2-24-15(21)11-19-13-18(16(19)22)9-6-10-20(18)17(23)25-12-14-7-4-3-5-8-14/h3-5,7-8H,2,6,9-13H2,1H3/t18-/m0/s1. The lowest BCUT2D eigenvalue weighted by Crippen LogP contribution is -2.73. The minimum atomic E-state index is -0.847. The summed E-state index contributed by atoms with van der Waals surface area (Å²) >= 11 is 0. The van der Waals surface area contributed by atoms with Gasteiger partial charge in [-0.15, -0.1) is 0 Å². The number of esters is 1. The van der Waals surface area contributed by atoms with E-state index in [9.17, 15) is 14.4 Å². The molecule has 2 aliphatic heterocycles. The van der Waals surface area contributed by atoms with Crippen LogP contribution in [0.4, 0.5) is 4.79 Å². The van der Waals surface area contributed by atoms with E-state index in [-0.39, 0.29) is 25.7 Å². The molecule has 2 aliphatic rings. The van der Waals surface area contributed by atoms with Crippen LogP contribution in [-0.4, -0.2) is 59.5 Å². The minimum absolute atomic E-state index is 0.0681. The third kappa shape index (κ3) is 3.31. The predicted octanol–water partition coefficient (Wildman–Crippen LogP) is 1.56. The van der Waals surface area contributed by atoms with Gasteiger partial charge in [-0.2, -0.15) is 0 Å². The summed E-state index contributed by atoms with van der Waals surface area (Å²) in [6.07, 6.45) is 0.871. The first-order valence-corrected chi connectivity index (χ1v) is 8.50. The molecule has 134 valence electrons. The Morgan fingerprint density at radius 2 is 1.96 bits per heavy atom. The number of amides is 2. The average molecular weight is 346 g/mol. The first-order chi connectivity index (χ1) is 12.1. The van der Waals surface area contributed by atoms with Gasteiger partial charge in [-0.05, 0) is 25.3 Å². The van der Waals surface area contributed by atoms with Gasteiger partial charge in [-0.3, -0.25) is 14.5 Å². The number of nitrogens with zero attached hydrogens (tertiary/aromatic N) is 2. The van der Waals surface area contributed by atoms with Crippen LogP contribution in [0.2, 0.25) is 0 Å². The van der Waals surface area contributed by atoms with Crippen LogP contribution in [0.1, 0.15) is 25.3 Å². The van der Waals surface area contributed by atoms with Crippen LogP contribution >= 0.6 is 0 Å². The largest absolute Gasteiger partial charge is 0.465 e. The number of benzene rings is 1. The Hall–Kier alpha value is -2.57. The van der Waals surface area contributed by atoms with Crippen LogP contribution in [0.5, 0.6) is 0 Å². The zero-order valence-corrected chi connectivity index (χ0v) is 14.3. The second-order valence-electron chi connectivity index (χ2n) is 6.29. The van der Waals surface area contributed by atoms with Crippen molar-refractivity contribution in [2.75, 3.05) is 26.2 Å². The maximum Gasteiger partial charge on any atom is 0.411 e. The molecule has 1 aromatic carbocycles. The van der Waals surface area contributed by atoms with Crippen LogP contribution in [0.3, 0.4) is 0 Å². The lowest BCUT2D eigenvalue weighted by molar-refractivity contribution is -0.166. The lowest BCUT2D eigenvalue weighted by atomic mass is 9.86. The minimum Gasteiger partial charge on any atom is -0.465 e. The molecule has 0 radical (unpaired) electrons. The molecule has 0 aliphatic carbocycles. The number of ether oxygens (including phenoxy) is 2. The van der Waals surface area contributed by atoms with E-state index < -0.39 is 17.6 Å². The van der Waals surface area contributed by atoms with Gasteiger partial charge in [0, 0.05) is 6.54 Å². The molecule has 0 aromatic heterocycles. The average Bonchev–Trinajstić information content (AvgIpc) is 3.07. The third-order valence-electron chi connectivity index (χ3n) is 4.68. The first kappa shape index (κ1) is 17.3. The fourth-order valence-electron chi connectivity index (χ4n) is 3.48. The predicted molar refractivity (Wildman–Crippen MR) is 88.5 cm³/mol. The Kier molecular flexibility index (Phi) is 4.92. The van der Waals surface area contributed by atoms with Gasteiger partial charge in [0.2, 0.25) is 0 Å². The zero-order valence-electron chi connectivity index (χ0n) is 14.3. The highest BCUT2D eigenvalue weighted by Crippen LogP contribution is 2.39. The van der Waals surface area contributed by atoms with Crippen molar-refractivity contribution in [1.29, 1.82) is 0 Å². The molecular formula is C18H22N2O5. The van der Waals surface area contributed by atoms with Crippen LogP contribution in [0.15, 0.2) is 30.3 Å². The zero-order chi connectivity index (χ0) is 17.9. The summed E-state index contributed by atoms with van der Waals surface area (Å²) in [5.41, 5.74) is 0.0493. The molecule has 7 heteroatoms. The number of carbonyl (C=O) groups is 3. The normalized spacial score (nSPS) is 22.0. The monoisotopic (exact) mass is 346 g/mol. The molecule has 3 rings (SSSR count). The van der Waals surface area contributed by atoms with Crippen molar-refractivity contribution in [3.05, 3.63) is 35.9 Å². The second kappa shape index (κ2) is 7.13. The Labute approximate surface area is 146 Å². The van der Waals surface area contributed by atoms with E-state index in [1.54, 1.807) is 6.92 Å². The van der Waals surface area contributed by atoms with Gasteiger partial charge in [0.25, 0.3) is 5.91 Å². The molecule has 0 unspecified atom stereocenters. The molecular weight excluding hydrogens is 324 g/mol. The van der Waals surface area contributed by atoms with Crippen molar-refractivity contribution in [3.63, 3.8) is 0 Å². The smallest absolute Gasteiger partial charge is 0.411 e. The van der Waals surface area contributed by atoms with Crippen molar-refractivity contribution >= 4 is 18.0 Å². The number of hydrogen-bond donors (Lipinski definition) is 0. The van der Waals surface area contributed by atoms with Crippen molar-refractivity contribution in [3.8, 4) is 0 Å². The summed E-state index contributed by atoms with van der Waals surface area (Å²) in [5, 5.41) is 0. The van der Waals surface area contributed by atoms with Crippen LogP contribution in [0, 0.1) is 0 Å². The van der Waals surface area contributed by atoms with Gasteiger partial charge in [0.15, 0.2) is 0 Å². The molecule has 2 fully saturated rings. The van der Waals surface area contributed by atoms with E-state index in [1.165, 1.54) is 9.80 Å². The second-order valence-corrected chi connectivity index (χ2v) is 6.29. The summed E-state index contributed by atoms with van der Waals surface area (Å²) < 4.78 is 10.2. The Balaban J connectivity index is 1.58. The van der Waals surface area contributed by atoms with Crippen molar-refractivity contribution < 1.29 is 23.9 Å². The quantitative estimate of drug-likeness (QED) is 0.597. The van der Waals surface area contributed by atoms with Crippen LogP contribution < -0.4 is 0 Å². The maximum absolute atomic E-state index is 12.6. The van der Waals surface area contributed by atoms with E-state index in [0.717, 1.165) is 12.0 Å². The van der Waals surface area contributed by atoms with Crippen LogP contribution in [-0.2, 0) is 25.7 Å². The van der Waals surface area contributed by atoms with Gasteiger partial charge in [-0.1, -0.05) is 30.3 Å². The molecule has 2 amide bonds. The Morgan fingerprint density at radius 1 is 1.20 bits per heavy atom. The Bertz CT molecular complexity index is 663. The highest BCUT2D eigenvalue weighted by atomic mass is 16.6. The molecule has 1 aromatic rings. The molecule has 2 heterocycles. The number of β-lactam (4-membered cyclic amide) rings is 1. The van der Waals surface area contributed by atoms with Gasteiger partial charge < -0.3 is 14.4 Å². The van der Waals surface area contributed by atoms with E-state index >= 15 is 0 Å². The fraction of sp³-hybridized carbons (Fsp3) is 0.500. The summed E-state index contributed by atoms with van der Waals surface area (Å²) in [6, 6.07) is 9.41. The lowest BCUT2D eigenvalue weighted by Gasteiger charge is -2.50. The molecule has 2 saturated heterocycles. The number of carbonyl (C=O) groups excluding carboxylic acids is 3. The molecule has 1 spiro atoms. The summed E-state index contributed by atoms with van der Waals surface area (Å²) in [6.45, 7) is 2.95.